The number of hydrogen-bond donors (Lipinski definition) is 1. The van der Waals surface area contributed by atoms with Crippen LogP contribution in [0.1, 0.15) is 34.9 Å². The van der Waals surface area contributed by atoms with Crippen LogP contribution in [0.3, 0.4) is 0 Å². The Hall–Kier alpha value is -1.61. The molecule has 5 heteroatoms. The molecule has 4 nitrogen and oxygen atoms in total. The molecule has 1 unspecified atom stereocenters. The second kappa shape index (κ2) is 5.57. The molecule has 2 rings (SSSR count). The number of aliphatic hydroxyl groups is 1. The molecular weight excluding hydrogens is 260 g/mol. The summed E-state index contributed by atoms with van der Waals surface area (Å²) in [6, 6.07) is 5.90. The normalized spacial score (nSPS) is 12.4. The van der Waals surface area contributed by atoms with Gasteiger partial charge in [0.2, 0.25) is 0 Å². The fourth-order valence-corrected chi connectivity index (χ4v) is 3.01. The number of nitrogens with zero attached hydrogens (tertiary/aromatic N) is 2. The molecule has 0 spiro atoms. The third kappa shape index (κ3) is 2.56. The van der Waals surface area contributed by atoms with E-state index in [2.05, 4.69) is 6.07 Å². The first-order valence-corrected chi connectivity index (χ1v) is 6.88. The molecule has 0 bridgehead atoms. The van der Waals surface area contributed by atoms with E-state index in [-0.39, 0.29) is 0 Å². The number of hydrogen-bond acceptors (Lipinski definition) is 4. The van der Waals surface area contributed by atoms with Crippen LogP contribution in [0.4, 0.5) is 0 Å². The van der Waals surface area contributed by atoms with Crippen LogP contribution >= 0.6 is 11.3 Å². The Labute approximate surface area is 116 Å². The minimum atomic E-state index is -0.919. The van der Waals surface area contributed by atoms with Gasteiger partial charge in [-0.25, -0.2) is 0 Å². The van der Waals surface area contributed by atoms with E-state index in [1.54, 1.807) is 11.3 Å². The quantitative estimate of drug-likeness (QED) is 0.873. The predicted molar refractivity (Wildman–Crippen MR) is 74.4 cm³/mol. The first-order valence-electron chi connectivity index (χ1n) is 6.06. The van der Waals surface area contributed by atoms with Gasteiger partial charge >= 0.3 is 0 Å². The number of aliphatic hydroxyl groups excluding tert-OH is 1. The Morgan fingerprint density at radius 1 is 1.53 bits per heavy atom. The molecule has 0 saturated carbocycles. The molecule has 0 aromatic carbocycles. The summed E-state index contributed by atoms with van der Waals surface area (Å²) in [6.45, 7) is 6.18. The molecule has 0 aliphatic rings. The van der Waals surface area contributed by atoms with Crippen molar-refractivity contribution in [2.24, 2.45) is 0 Å². The molecule has 2 heterocycles. The molecular formula is C14H16N2O2S. The van der Waals surface area contributed by atoms with E-state index in [1.807, 2.05) is 43.7 Å². The summed E-state index contributed by atoms with van der Waals surface area (Å²) in [5, 5.41) is 19.9. The maximum absolute atomic E-state index is 9.90. The zero-order chi connectivity index (χ0) is 14.0. The van der Waals surface area contributed by atoms with E-state index >= 15 is 0 Å². The van der Waals surface area contributed by atoms with Gasteiger partial charge in [0.15, 0.2) is 6.29 Å². The SMILES string of the molecule is CCOC(O)c1ccn(-c2sc(C)cc2C#N)c1C. The molecule has 19 heavy (non-hydrogen) atoms. The van der Waals surface area contributed by atoms with Gasteiger partial charge in [0.1, 0.15) is 11.1 Å². The molecule has 1 N–H and O–H groups in total. The number of nitriles is 1. The number of rotatable bonds is 4. The van der Waals surface area contributed by atoms with Crippen molar-refractivity contribution in [1.29, 1.82) is 5.26 Å². The third-order valence-electron chi connectivity index (χ3n) is 2.95. The monoisotopic (exact) mass is 276 g/mol. The van der Waals surface area contributed by atoms with Crippen LogP contribution in [0.5, 0.6) is 0 Å². The number of aromatic nitrogens is 1. The molecule has 0 amide bonds. The summed E-state index contributed by atoms with van der Waals surface area (Å²) < 4.78 is 7.12. The average Bonchev–Trinajstić information content (AvgIpc) is 2.92. The minimum absolute atomic E-state index is 0.452. The zero-order valence-corrected chi connectivity index (χ0v) is 12.0. The largest absolute Gasteiger partial charge is 0.364 e. The van der Waals surface area contributed by atoms with E-state index in [9.17, 15) is 5.11 Å². The maximum Gasteiger partial charge on any atom is 0.182 e. The van der Waals surface area contributed by atoms with Crippen LogP contribution in [0, 0.1) is 25.2 Å². The second-order valence-corrected chi connectivity index (χ2v) is 5.46. The Morgan fingerprint density at radius 2 is 2.26 bits per heavy atom. The topological polar surface area (TPSA) is 58.2 Å². The van der Waals surface area contributed by atoms with E-state index < -0.39 is 6.29 Å². The van der Waals surface area contributed by atoms with Gasteiger partial charge in [0.05, 0.1) is 5.56 Å². The van der Waals surface area contributed by atoms with Crippen LogP contribution in [0.2, 0.25) is 0 Å². The first-order chi connectivity index (χ1) is 9.08. The van der Waals surface area contributed by atoms with Crippen LogP contribution in [-0.4, -0.2) is 16.3 Å². The molecule has 0 aliphatic heterocycles. The van der Waals surface area contributed by atoms with Gasteiger partial charge in [-0.15, -0.1) is 11.3 Å². The standard InChI is InChI=1S/C14H16N2O2S/c1-4-18-14(17)12-5-6-16(10(12)3)13-11(8-15)7-9(2)19-13/h5-7,14,17H,4H2,1-3H3. The van der Waals surface area contributed by atoms with Gasteiger partial charge in [0.25, 0.3) is 0 Å². The van der Waals surface area contributed by atoms with Gasteiger partial charge < -0.3 is 14.4 Å². The van der Waals surface area contributed by atoms with E-state index in [4.69, 9.17) is 10.00 Å². The van der Waals surface area contributed by atoms with Crippen molar-refractivity contribution in [3.8, 4) is 11.1 Å². The van der Waals surface area contributed by atoms with Gasteiger partial charge in [-0.2, -0.15) is 5.26 Å². The lowest BCUT2D eigenvalue weighted by atomic mass is 10.2. The number of aryl methyl sites for hydroxylation is 1. The highest BCUT2D eigenvalue weighted by Crippen LogP contribution is 2.30. The molecule has 100 valence electrons. The Balaban J connectivity index is 2.45. The van der Waals surface area contributed by atoms with Crippen molar-refractivity contribution in [3.63, 3.8) is 0 Å². The third-order valence-corrected chi connectivity index (χ3v) is 4.00. The lowest BCUT2D eigenvalue weighted by Crippen LogP contribution is -2.05. The van der Waals surface area contributed by atoms with Gasteiger partial charge in [0, 0.05) is 28.9 Å². The van der Waals surface area contributed by atoms with Crippen LogP contribution in [-0.2, 0) is 4.74 Å². The lowest BCUT2D eigenvalue weighted by Gasteiger charge is -2.11. The molecule has 0 fully saturated rings. The van der Waals surface area contributed by atoms with Gasteiger partial charge in [-0.05, 0) is 32.9 Å². The minimum Gasteiger partial charge on any atom is -0.364 e. The first kappa shape index (κ1) is 13.8. The average molecular weight is 276 g/mol. The van der Waals surface area contributed by atoms with Crippen molar-refractivity contribution in [1.82, 2.24) is 4.57 Å². The predicted octanol–water partition coefficient (Wildman–Crippen LogP) is 3.05. The summed E-state index contributed by atoms with van der Waals surface area (Å²) >= 11 is 1.56. The summed E-state index contributed by atoms with van der Waals surface area (Å²) in [5.41, 5.74) is 2.27. The summed E-state index contributed by atoms with van der Waals surface area (Å²) in [6.07, 6.45) is 0.941. The molecule has 1 atom stereocenters. The highest BCUT2D eigenvalue weighted by atomic mass is 32.1. The van der Waals surface area contributed by atoms with Crippen LogP contribution in [0.25, 0.3) is 5.00 Å². The molecule has 2 aromatic heterocycles. The van der Waals surface area contributed by atoms with Crippen molar-refractivity contribution < 1.29 is 9.84 Å². The highest BCUT2D eigenvalue weighted by Gasteiger charge is 2.17. The van der Waals surface area contributed by atoms with Gasteiger partial charge in [-0.3, -0.25) is 0 Å². The van der Waals surface area contributed by atoms with Crippen LogP contribution < -0.4 is 0 Å². The maximum atomic E-state index is 9.90. The smallest absolute Gasteiger partial charge is 0.182 e. The fraction of sp³-hybridized carbons (Fsp3) is 0.357. The van der Waals surface area contributed by atoms with Gasteiger partial charge in [-0.1, -0.05) is 0 Å². The number of ether oxygens (including phenoxy) is 1. The van der Waals surface area contributed by atoms with Crippen molar-refractivity contribution in [2.75, 3.05) is 6.61 Å². The van der Waals surface area contributed by atoms with E-state index in [0.29, 0.717) is 12.2 Å². The molecule has 0 saturated heterocycles. The highest BCUT2D eigenvalue weighted by molar-refractivity contribution is 7.14. The molecule has 0 aliphatic carbocycles. The number of thiophene rings is 1. The van der Waals surface area contributed by atoms with E-state index in [0.717, 1.165) is 21.1 Å². The second-order valence-electron chi connectivity index (χ2n) is 4.22. The zero-order valence-electron chi connectivity index (χ0n) is 11.2. The Morgan fingerprint density at radius 3 is 2.89 bits per heavy atom. The van der Waals surface area contributed by atoms with Crippen LogP contribution in [0.15, 0.2) is 18.3 Å². The summed E-state index contributed by atoms with van der Waals surface area (Å²) in [4.78, 5) is 1.09. The van der Waals surface area contributed by atoms with E-state index in [1.165, 1.54) is 0 Å². The van der Waals surface area contributed by atoms with Crippen molar-refractivity contribution in [3.05, 3.63) is 40.0 Å². The molecule has 2 aromatic rings. The summed E-state index contributed by atoms with van der Waals surface area (Å²) in [7, 11) is 0. The Bertz CT molecular complexity index is 622. The Kier molecular flexibility index (Phi) is 4.05. The lowest BCUT2D eigenvalue weighted by molar-refractivity contribution is -0.0982. The fourth-order valence-electron chi connectivity index (χ4n) is 2.02. The summed E-state index contributed by atoms with van der Waals surface area (Å²) in [5.74, 6) is 0. The molecule has 0 radical (unpaired) electrons. The van der Waals surface area contributed by atoms with Crippen molar-refractivity contribution in [2.45, 2.75) is 27.1 Å². The van der Waals surface area contributed by atoms with Crippen molar-refractivity contribution >= 4 is 11.3 Å².